The molecule has 16 nitrogen and oxygen atoms in total. The van der Waals surface area contributed by atoms with E-state index in [2.05, 4.69) is 71.6 Å². The third-order valence-corrected chi connectivity index (χ3v) is 8.46. The number of aromatic nitrogens is 10. The molecule has 8 aromatic heterocycles. The zero-order valence-electron chi connectivity index (χ0n) is 30.4. The number of fused-ring (bicyclic) bond motifs is 2. The number of carbonyl (C=O) groups excluding carboxylic acids is 2. The van der Waals surface area contributed by atoms with Gasteiger partial charge in [0.05, 0.1) is 23.3 Å². The van der Waals surface area contributed by atoms with Gasteiger partial charge in [-0.3, -0.25) is 40.8 Å². The Morgan fingerprint density at radius 2 is 1.30 bits per heavy atom. The van der Waals surface area contributed by atoms with Crippen molar-refractivity contribution in [2.24, 2.45) is 0 Å². The first-order valence-corrected chi connectivity index (χ1v) is 17.3. The Hall–Kier alpha value is -7.69. The van der Waals surface area contributed by atoms with Crippen molar-refractivity contribution in [3.8, 4) is 22.5 Å². The molecule has 1 atom stereocenters. The van der Waals surface area contributed by atoms with E-state index in [4.69, 9.17) is 0 Å². The molecule has 0 spiro atoms. The molecule has 8 rings (SSSR count). The predicted molar refractivity (Wildman–Crippen MR) is 209 cm³/mol. The molecule has 8 aromatic rings. The number of halogens is 1. The largest absolute Gasteiger partial charge is 0.334 e. The highest BCUT2D eigenvalue weighted by Crippen LogP contribution is 2.28. The number of pyridine rings is 6. The number of nitrogens with one attached hydrogen (secondary N) is 6. The van der Waals surface area contributed by atoms with E-state index in [0.717, 1.165) is 67.5 Å². The predicted octanol–water partition coefficient (Wildman–Crippen LogP) is 6.79. The van der Waals surface area contributed by atoms with Crippen LogP contribution in [0.3, 0.4) is 0 Å². The van der Waals surface area contributed by atoms with Crippen molar-refractivity contribution in [3.05, 3.63) is 133 Å². The van der Waals surface area contributed by atoms with Gasteiger partial charge in [-0.15, -0.1) is 0 Å². The van der Waals surface area contributed by atoms with Crippen LogP contribution in [0.1, 0.15) is 35.5 Å². The minimum absolute atomic E-state index is 0.147. The molecule has 280 valence electrons. The fraction of sp³-hybridized carbons (Fsp3) is 0.128. The summed E-state index contributed by atoms with van der Waals surface area (Å²) in [4.78, 5) is 49.2. The second kappa shape index (κ2) is 16.5. The summed E-state index contributed by atoms with van der Waals surface area (Å²) >= 11 is 0. The summed E-state index contributed by atoms with van der Waals surface area (Å²) in [7, 11) is 0. The standard InChI is InChI=1S/C20H19N7O.C19H16FN7O/c1-12-8-14(5-7-22-12)19-16-11-23-18(9-17(16)26-27-19)25-20(28)24-13(2)15-4-3-6-21-10-15;1-11-4-13(2-3-22-11)18-15-10-23-17(6-16(15)26-27-18)25-19(28)24-8-12-5-14(20)9-21-7-12/h3-11,13H,1-2H3,(H,26,27)(H2,23,24,25,28);2-7,9-10H,8H2,1H3,(H,26,27)(H2,23,24,25,28). The van der Waals surface area contributed by atoms with E-state index < -0.39 is 11.8 Å². The van der Waals surface area contributed by atoms with Crippen molar-refractivity contribution in [3.63, 3.8) is 0 Å². The van der Waals surface area contributed by atoms with Gasteiger partial charge in [-0.05, 0) is 68.3 Å². The zero-order chi connectivity index (χ0) is 39.0. The molecule has 1 unspecified atom stereocenters. The van der Waals surface area contributed by atoms with Crippen LogP contribution in [0.5, 0.6) is 0 Å². The average molecular weight is 751 g/mol. The van der Waals surface area contributed by atoms with E-state index in [9.17, 15) is 14.0 Å². The first-order chi connectivity index (χ1) is 27.2. The highest BCUT2D eigenvalue weighted by Gasteiger charge is 2.14. The van der Waals surface area contributed by atoms with Gasteiger partial charge < -0.3 is 10.6 Å². The van der Waals surface area contributed by atoms with Crippen LogP contribution in [-0.4, -0.2) is 62.4 Å². The Balaban J connectivity index is 0.000000172. The fourth-order valence-corrected chi connectivity index (χ4v) is 5.75. The van der Waals surface area contributed by atoms with Crippen LogP contribution in [-0.2, 0) is 6.54 Å². The monoisotopic (exact) mass is 750 g/mol. The normalized spacial score (nSPS) is 11.4. The Labute approximate surface area is 318 Å². The van der Waals surface area contributed by atoms with Crippen LogP contribution in [0, 0.1) is 19.7 Å². The first kappa shape index (κ1) is 36.7. The Morgan fingerprint density at radius 3 is 1.86 bits per heavy atom. The fourth-order valence-electron chi connectivity index (χ4n) is 5.75. The number of carbonyl (C=O) groups is 2. The van der Waals surface area contributed by atoms with Crippen LogP contribution in [0.2, 0.25) is 0 Å². The van der Waals surface area contributed by atoms with Gasteiger partial charge in [0, 0.05) is 95.3 Å². The Kier molecular flexibility index (Phi) is 10.8. The number of aromatic amines is 2. The van der Waals surface area contributed by atoms with Crippen molar-refractivity contribution < 1.29 is 14.0 Å². The Bertz CT molecular complexity index is 2650. The number of hydrogen-bond donors (Lipinski definition) is 6. The molecule has 0 aliphatic heterocycles. The van der Waals surface area contributed by atoms with Gasteiger partial charge in [-0.25, -0.2) is 23.9 Å². The Morgan fingerprint density at radius 1 is 0.696 bits per heavy atom. The molecule has 0 aliphatic carbocycles. The number of rotatable bonds is 8. The third-order valence-electron chi connectivity index (χ3n) is 8.46. The number of amides is 4. The molecule has 0 saturated carbocycles. The highest BCUT2D eigenvalue weighted by atomic mass is 19.1. The van der Waals surface area contributed by atoms with E-state index in [-0.39, 0.29) is 18.6 Å². The molecule has 0 aliphatic rings. The van der Waals surface area contributed by atoms with E-state index in [0.29, 0.717) is 17.2 Å². The molecule has 56 heavy (non-hydrogen) atoms. The maximum atomic E-state index is 13.1. The topological polar surface area (TPSA) is 217 Å². The van der Waals surface area contributed by atoms with E-state index in [1.54, 1.807) is 49.3 Å². The molecule has 17 heteroatoms. The van der Waals surface area contributed by atoms with Gasteiger partial charge in [-0.1, -0.05) is 6.07 Å². The van der Waals surface area contributed by atoms with Gasteiger partial charge in [-0.2, -0.15) is 10.2 Å². The molecule has 0 fully saturated rings. The maximum Gasteiger partial charge on any atom is 0.320 e. The quantitative estimate of drug-likeness (QED) is 0.0955. The summed E-state index contributed by atoms with van der Waals surface area (Å²) in [6.45, 7) is 5.89. The molecule has 0 radical (unpaired) electrons. The molecular weight excluding hydrogens is 716 g/mol. The van der Waals surface area contributed by atoms with Crippen LogP contribution >= 0.6 is 0 Å². The lowest BCUT2D eigenvalue weighted by atomic mass is 10.1. The molecule has 0 bridgehead atoms. The summed E-state index contributed by atoms with van der Waals surface area (Å²) in [6, 6.07) is 15.2. The summed E-state index contributed by atoms with van der Waals surface area (Å²) in [5.41, 5.74) is 8.28. The van der Waals surface area contributed by atoms with Crippen molar-refractivity contribution in [2.45, 2.75) is 33.4 Å². The lowest BCUT2D eigenvalue weighted by Gasteiger charge is -2.14. The minimum atomic E-state index is -0.458. The summed E-state index contributed by atoms with van der Waals surface area (Å²) in [6.07, 6.45) is 12.8. The molecule has 0 aromatic carbocycles. The molecule has 6 N–H and O–H groups in total. The van der Waals surface area contributed by atoms with Crippen molar-refractivity contribution >= 4 is 45.5 Å². The van der Waals surface area contributed by atoms with Gasteiger partial charge in [0.15, 0.2) is 0 Å². The molecular formula is C39H35FN14O2. The summed E-state index contributed by atoms with van der Waals surface area (Å²) in [5.74, 6) is 0.347. The zero-order valence-corrected chi connectivity index (χ0v) is 30.4. The molecule has 4 amide bonds. The SMILES string of the molecule is Cc1cc(-c2n[nH]c3cc(NC(=O)NC(C)c4cccnc4)ncc23)ccn1.Cc1cc(-c2n[nH]c3cc(NC(=O)NCc4cncc(F)c4)ncc23)ccn1. The third kappa shape index (κ3) is 8.91. The van der Waals surface area contributed by atoms with Crippen LogP contribution in [0.15, 0.2) is 104 Å². The van der Waals surface area contributed by atoms with E-state index >= 15 is 0 Å². The van der Waals surface area contributed by atoms with E-state index in [1.165, 1.54) is 12.3 Å². The number of nitrogens with zero attached hydrogens (tertiary/aromatic N) is 8. The summed E-state index contributed by atoms with van der Waals surface area (Å²) in [5, 5.41) is 27.3. The van der Waals surface area contributed by atoms with E-state index in [1.807, 2.05) is 57.2 Å². The smallest absolute Gasteiger partial charge is 0.320 e. The molecule has 8 heterocycles. The number of anilines is 2. The van der Waals surface area contributed by atoms with Crippen molar-refractivity contribution in [2.75, 3.05) is 10.6 Å². The minimum Gasteiger partial charge on any atom is -0.334 e. The van der Waals surface area contributed by atoms with Gasteiger partial charge >= 0.3 is 12.1 Å². The first-order valence-electron chi connectivity index (χ1n) is 17.3. The second-order valence-corrected chi connectivity index (χ2v) is 12.7. The molecule has 0 saturated heterocycles. The lowest BCUT2D eigenvalue weighted by molar-refractivity contribution is 0.249. The lowest BCUT2D eigenvalue weighted by Crippen LogP contribution is -2.31. The van der Waals surface area contributed by atoms with Crippen molar-refractivity contribution in [1.82, 2.24) is 60.9 Å². The van der Waals surface area contributed by atoms with Crippen molar-refractivity contribution in [1.29, 1.82) is 0 Å². The second-order valence-electron chi connectivity index (χ2n) is 12.7. The van der Waals surface area contributed by atoms with Crippen LogP contribution in [0.25, 0.3) is 44.3 Å². The number of aryl methyl sites for hydroxylation is 2. The van der Waals surface area contributed by atoms with Gasteiger partial charge in [0.2, 0.25) is 0 Å². The maximum absolute atomic E-state index is 13.1. The van der Waals surface area contributed by atoms with Crippen LogP contribution in [0.4, 0.5) is 25.6 Å². The number of hydrogen-bond acceptors (Lipinski definition) is 10. The average Bonchev–Trinajstić information content (AvgIpc) is 3.82. The van der Waals surface area contributed by atoms with Gasteiger partial charge in [0.25, 0.3) is 0 Å². The van der Waals surface area contributed by atoms with Gasteiger partial charge in [0.1, 0.15) is 28.8 Å². The highest BCUT2D eigenvalue weighted by molar-refractivity contribution is 5.97. The number of urea groups is 2. The summed E-state index contributed by atoms with van der Waals surface area (Å²) < 4.78 is 13.1. The van der Waals surface area contributed by atoms with Crippen LogP contribution < -0.4 is 21.3 Å². The number of H-pyrrole nitrogens is 2.